The van der Waals surface area contributed by atoms with E-state index in [1.54, 1.807) is 6.07 Å². The van der Waals surface area contributed by atoms with Gasteiger partial charge in [0.05, 0.1) is 5.56 Å². The van der Waals surface area contributed by atoms with Crippen LogP contribution in [0.15, 0.2) is 48.5 Å². The van der Waals surface area contributed by atoms with Crippen molar-refractivity contribution in [3.8, 4) is 0 Å². The number of amides is 1. The average Bonchev–Trinajstić information content (AvgIpc) is 2.68. The number of nitrogens with one attached hydrogen (secondary N) is 2. The Labute approximate surface area is 168 Å². The number of rotatable bonds is 2. The minimum atomic E-state index is -4.33. The van der Waals surface area contributed by atoms with Crippen LogP contribution in [0.3, 0.4) is 0 Å². The van der Waals surface area contributed by atoms with Crippen LogP contribution in [0.1, 0.15) is 36.0 Å². The Hall–Kier alpha value is -2.54. The van der Waals surface area contributed by atoms with Crippen molar-refractivity contribution in [3.63, 3.8) is 0 Å². The third-order valence-electron chi connectivity index (χ3n) is 5.87. The van der Waals surface area contributed by atoms with Gasteiger partial charge in [-0.05, 0) is 36.1 Å². The van der Waals surface area contributed by atoms with Crippen molar-refractivity contribution in [2.45, 2.75) is 44.1 Å². The zero-order valence-electron chi connectivity index (χ0n) is 16.1. The Bertz CT molecular complexity index is 889. The first-order valence-corrected chi connectivity index (χ1v) is 9.84. The van der Waals surface area contributed by atoms with Crippen molar-refractivity contribution in [2.75, 3.05) is 18.4 Å². The van der Waals surface area contributed by atoms with Crippen LogP contribution >= 0.6 is 0 Å². The summed E-state index contributed by atoms with van der Waals surface area (Å²) in [5, 5.41) is 6.61. The quantitative estimate of drug-likeness (QED) is 0.791. The number of alkyl halides is 3. The molecule has 2 heterocycles. The number of nitrogens with zero attached hydrogens (tertiary/aromatic N) is 1. The minimum absolute atomic E-state index is 0.0262. The van der Waals surface area contributed by atoms with Gasteiger partial charge in [0.2, 0.25) is 5.91 Å². The largest absolute Gasteiger partial charge is 0.416 e. The van der Waals surface area contributed by atoms with E-state index in [9.17, 15) is 18.0 Å². The molecule has 4 nitrogen and oxygen atoms in total. The van der Waals surface area contributed by atoms with Gasteiger partial charge in [0.25, 0.3) is 0 Å². The zero-order valence-corrected chi connectivity index (χ0v) is 16.1. The van der Waals surface area contributed by atoms with Gasteiger partial charge >= 0.3 is 6.18 Å². The number of anilines is 1. The Morgan fingerprint density at radius 3 is 2.55 bits per heavy atom. The maximum atomic E-state index is 13.0. The molecule has 0 aliphatic carbocycles. The Balaban J connectivity index is 1.45. The van der Waals surface area contributed by atoms with Gasteiger partial charge in [-0.3, -0.25) is 9.69 Å². The van der Waals surface area contributed by atoms with E-state index in [2.05, 4.69) is 15.5 Å². The number of halogens is 3. The number of piperidine rings is 1. The molecule has 0 saturated carbocycles. The predicted molar refractivity (Wildman–Crippen MR) is 105 cm³/mol. The molecule has 29 heavy (non-hydrogen) atoms. The lowest BCUT2D eigenvalue weighted by molar-refractivity contribution is -0.137. The summed E-state index contributed by atoms with van der Waals surface area (Å²) in [7, 11) is 0. The number of fused-ring (bicyclic) bond motifs is 1. The van der Waals surface area contributed by atoms with Crippen molar-refractivity contribution < 1.29 is 18.0 Å². The highest BCUT2D eigenvalue weighted by Crippen LogP contribution is 2.34. The molecule has 1 amide bonds. The van der Waals surface area contributed by atoms with E-state index < -0.39 is 11.7 Å². The normalized spacial score (nSPS) is 19.6. The van der Waals surface area contributed by atoms with E-state index >= 15 is 0 Å². The Kier molecular flexibility index (Phi) is 5.25. The summed E-state index contributed by atoms with van der Waals surface area (Å²) < 4.78 is 38.9. The monoisotopic (exact) mass is 403 g/mol. The van der Waals surface area contributed by atoms with Crippen LogP contribution in [0, 0.1) is 0 Å². The lowest BCUT2D eigenvalue weighted by atomic mass is 9.82. The Morgan fingerprint density at radius 2 is 1.79 bits per heavy atom. The highest BCUT2D eigenvalue weighted by molar-refractivity contribution is 5.79. The van der Waals surface area contributed by atoms with Gasteiger partial charge in [-0.15, -0.1) is 0 Å². The molecule has 0 unspecified atom stereocenters. The first kappa shape index (κ1) is 19.8. The molecule has 1 spiro atoms. The van der Waals surface area contributed by atoms with Crippen molar-refractivity contribution in [1.29, 1.82) is 0 Å². The van der Waals surface area contributed by atoms with Crippen LogP contribution in [0.2, 0.25) is 0 Å². The maximum Gasteiger partial charge on any atom is 0.416 e. The molecule has 7 heteroatoms. The number of carbonyl (C=O) groups is 1. The van der Waals surface area contributed by atoms with E-state index in [1.807, 2.05) is 24.3 Å². The van der Waals surface area contributed by atoms with Gasteiger partial charge in [-0.1, -0.05) is 36.4 Å². The summed E-state index contributed by atoms with van der Waals surface area (Å²) in [5.74, 6) is 0.0262. The fraction of sp³-hybridized carbons (Fsp3) is 0.409. The molecule has 2 aromatic carbocycles. The van der Waals surface area contributed by atoms with Gasteiger partial charge < -0.3 is 10.6 Å². The third-order valence-corrected chi connectivity index (χ3v) is 5.87. The number of hydrogen-bond acceptors (Lipinski definition) is 3. The molecule has 0 bridgehead atoms. The van der Waals surface area contributed by atoms with Gasteiger partial charge in [-0.2, -0.15) is 13.2 Å². The van der Waals surface area contributed by atoms with Crippen LogP contribution in [-0.2, 0) is 24.1 Å². The second-order valence-corrected chi connectivity index (χ2v) is 7.99. The smallest absolute Gasteiger partial charge is 0.379 e. The number of para-hydroxylation sites is 1. The molecular weight excluding hydrogens is 379 g/mol. The van der Waals surface area contributed by atoms with Gasteiger partial charge in [-0.25, -0.2) is 0 Å². The molecule has 2 N–H and O–H groups in total. The highest BCUT2D eigenvalue weighted by atomic mass is 19.4. The zero-order chi connectivity index (χ0) is 20.5. The predicted octanol–water partition coefficient (Wildman–Crippen LogP) is 4.17. The van der Waals surface area contributed by atoms with E-state index in [1.165, 1.54) is 12.1 Å². The average molecular weight is 403 g/mol. The second-order valence-electron chi connectivity index (χ2n) is 7.99. The van der Waals surface area contributed by atoms with Crippen LogP contribution in [0.4, 0.5) is 18.9 Å². The van der Waals surface area contributed by atoms with Gasteiger partial charge in [0, 0.05) is 43.8 Å². The van der Waals surface area contributed by atoms with E-state index in [0.717, 1.165) is 43.2 Å². The molecular formula is C22H24F3N3O. The van der Waals surface area contributed by atoms with Crippen molar-refractivity contribution in [2.24, 2.45) is 0 Å². The first-order valence-electron chi connectivity index (χ1n) is 9.84. The van der Waals surface area contributed by atoms with Gasteiger partial charge in [0.1, 0.15) is 0 Å². The molecule has 0 radical (unpaired) electrons. The van der Waals surface area contributed by atoms with E-state index in [0.29, 0.717) is 25.1 Å². The topological polar surface area (TPSA) is 44.4 Å². The second kappa shape index (κ2) is 7.71. The molecule has 0 atom stereocenters. The fourth-order valence-corrected chi connectivity index (χ4v) is 4.24. The molecule has 4 rings (SSSR count). The number of hydrogen-bond donors (Lipinski definition) is 2. The van der Waals surface area contributed by atoms with Crippen molar-refractivity contribution in [3.05, 3.63) is 65.2 Å². The summed E-state index contributed by atoms with van der Waals surface area (Å²) in [5.41, 5.74) is 1.82. The molecule has 2 aliphatic heterocycles. The third kappa shape index (κ3) is 4.56. The molecule has 154 valence electrons. The number of benzene rings is 2. The van der Waals surface area contributed by atoms with Crippen LogP contribution in [-0.4, -0.2) is 29.4 Å². The molecule has 1 fully saturated rings. The minimum Gasteiger partial charge on any atom is -0.379 e. The van der Waals surface area contributed by atoms with Crippen LogP contribution < -0.4 is 10.6 Å². The first-order chi connectivity index (χ1) is 13.8. The molecule has 0 aromatic heterocycles. The maximum absolute atomic E-state index is 13.0. The fourth-order valence-electron chi connectivity index (χ4n) is 4.24. The summed E-state index contributed by atoms with van der Waals surface area (Å²) in [4.78, 5) is 14.5. The lowest BCUT2D eigenvalue weighted by Crippen LogP contribution is -2.52. The lowest BCUT2D eigenvalue weighted by Gasteiger charge is -2.44. The Morgan fingerprint density at radius 1 is 1.03 bits per heavy atom. The summed E-state index contributed by atoms with van der Waals surface area (Å²) in [6.45, 7) is 2.43. The van der Waals surface area contributed by atoms with Crippen LogP contribution in [0.25, 0.3) is 0 Å². The summed E-state index contributed by atoms with van der Waals surface area (Å²) >= 11 is 0. The van der Waals surface area contributed by atoms with Gasteiger partial charge in [0.15, 0.2) is 0 Å². The number of likely N-dealkylation sites (tertiary alicyclic amines) is 1. The molecule has 2 aromatic rings. The summed E-state index contributed by atoms with van der Waals surface area (Å²) in [6.07, 6.45) is -2.41. The van der Waals surface area contributed by atoms with E-state index in [-0.39, 0.29) is 11.4 Å². The van der Waals surface area contributed by atoms with Crippen molar-refractivity contribution >= 4 is 11.6 Å². The standard InChI is InChI=1S/C22H24F3N3O/c23-22(24,25)18-6-3-4-16(12-18)15-28-10-8-21(9-11-28)13-20(29)26-14-17-5-1-2-7-19(17)27-21/h1-7,12,27H,8-11,13-15H2,(H,26,29). The van der Waals surface area contributed by atoms with Crippen LogP contribution in [0.5, 0.6) is 0 Å². The SMILES string of the molecule is O=C1CC2(CCN(Cc3cccc(C(F)(F)F)c3)CC2)Nc2ccccc2CN1. The number of carbonyl (C=O) groups excluding carboxylic acids is 1. The van der Waals surface area contributed by atoms with E-state index in [4.69, 9.17) is 0 Å². The summed E-state index contributed by atoms with van der Waals surface area (Å²) in [6, 6.07) is 13.5. The molecule has 1 saturated heterocycles. The molecule has 2 aliphatic rings. The highest BCUT2D eigenvalue weighted by Gasteiger charge is 2.38. The van der Waals surface area contributed by atoms with Crippen molar-refractivity contribution in [1.82, 2.24) is 10.2 Å².